The Morgan fingerprint density at radius 2 is 1.70 bits per heavy atom. The molecule has 2 nitrogen and oxygen atoms in total. The molecule has 0 radical (unpaired) electrons. The SMILES string of the molecule is CCCCC(C)Nc1cc(C)nc2c(-c3c(C)cc(C)cc3C)cccc12. The Morgan fingerprint density at radius 1 is 1.00 bits per heavy atom. The van der Waals surface area contributed by atoms with Crippen molar-refractivity contribution in [2.75, 3.05) is 5.32 Å². The van der Waals surface area contributed by atoms with Crippen molar-refractivity contribution >= 4 is 16.6 Å². The highest BCUT2D eigenvalue weighted by Gasteiger charge is 2.14. The summed E-state index contributed by atoms with van der Waals surface area (Å²) in [5, 5.41) is 4.95. The Balaban J connectivity index is 2.15. The van der Waals surface area contributed by atoms with E-state index in [1.807, 2.05) is 0 Å². The van der Waals surface area contributed by atoms with Crippen molar-refractivity contribution in [3.8, 4) is 11.1 Å². The highest BCUT2D eigenvalue weighted by Crippen LogP contribution is 2.36. The molecule has 0 amide bonds. The second-order valence-corrected chi connectivity index (χ2v) is 7.97. The van der Waals surface area contributed by atoms with Gasteiger partial charge in [0.2, 0.25) is 0 Å². The van der Waals surface area contributed by atoms with Crippen LogP contribution in [0.4, 0.5) is 5.69 Å². The van der Waals surface area contributed by atoms with E-state index in [9.17, 15) is 0 Å². The maximum absolute atomic E-state index is 4.95. The molecule has 2 aromatic carbocycles. The molecule has 1 atom stereocenters. The molecule has 27 heavy (non-hydrogen) atoms. The Morgan fingerprint density at radius 3 is 2.37 bits per heavy atom. The van der Waals surface area contributed by atoms with Gasteiger partial charge in [0.05, 0.1) is 5.52 Å². The minimum Gasteiger partial charge on any atom is -0.382 e. The fourth-order valence-corrected chi connectivity index (χ4v) is 4.15. The van der Waals surface area contributed by atoms with E-state index in [2.05, 4.69) is 83.3 Å². The maximum atomic E-state index is 4.95. The fraction of sp³-hybridized carbons (Fsp3) is 0.400. The summed E-state index contributed by atoms with van der Waals surface area (Å²) in [6, 6.07) is 13.7. The first-order chi connectivity index (χ1) is 12.9. The predicted molar refractivity (Wildman–Crippen MR) is 119 cm³/mol. The van der Waals surface area contributed by atoms with Gasteiger partial charge in [-0.2, -0.15) is 0 Å². The summed E-state index contributed by atoms with van der Waals surface area (Å²) < 4.78 is 0. The lowest BCUT2D eigenvalue weighted by atomic mass is 9.92. The second-order valence-electron chi connectivity index (χ2n) is 7.97. The average Bonchev–Trinajstić information content (AvgIpc) is 2.59. The number of fused-ring (bicyclic) bond motifs is 1. The van der Waals surface area contributed by atoms with Gasteiger partial charge >= 0.3 is 0 Å². The minimum atomic E-state index is 0.460. The Hall–Kier alpha value is -2.35. The van der Waals surface area contributed by atoms with E-state index in [4.69, 9.17) is 4.98 Å². The Bertz CT molecular complexity index is 933. The fourth-order valence-electron chi connectivity index (χ4n) is 4.15. The van der Waals surface area contributed by atoms with Gasteiger partial charge in [0.15, 0.2) is 0 Å². The van der Waals surface area contributed by atoms with Crippen molar-refractivity contribution in [1.29, 1.82) is 0 Å². The third-order valence-electron chi connectivity index (χ3n) is 5.31. The molecule has 0 bridgehead atoms. The van der Waals surface area contributed by atoms with Crippen molar-refractivity contribution in [1.82, 2.24) is 4.98 Å². The summed E-state index contributed by atoms with van der Waals surface area (Å²) in [7, 11) is 0. The first-order valence-corrected chi connectivity index (χ1v) is 10.2. The van der Waals surface area contributed by atoms with Crippen LogP contribution >= 0.6 is 0 Å². The largest absolute Gasteiger partial charge is 0.382 e. The normalized spacial score (nSPS) is 12.4. The molecule has 1 unspecified atom stereocenters. The molecule has 1 aromatic heterocycles. The number of aromatic nitrogens is 1. The number of hydrogen-bond donors (Lipinski definition) is 1. The van der Waals surface area contributed by atoms with Gasteiger partial charge in [-0.25, -0.2) is 0 Å². The number of pyridine rings is 1. The number of anilines is 1. The quantitative estimate of drug-likeness (QED) is 0.506. The Kier molecular flexibility index (Phi) is 5.84. The first kappa shape index (κ1) is 19.4. The molecule has 0 saturated carbocycles. The van der Waals surface area contributed by atoms with Crippen LogP contribution in [-0.2, 0) is 0 Å². The van der Waals surface area contributed by atoms with Crippen LogP contribution in [-0.4, -0.2) is 11.0 Å². The van der Waals surface area contributed by atoms with Crippen molar-refractivity contribution in [2.24, 2.45) is 0 Å². The molecule has 0 aliphatic heterocycles. The van der Waals surface area contributed by atoms with Crippen molar-refractivity contribution in [3.05, 3.63) is 58.8 Å². The number of hydrogen-bond acceptors (Lipinski definition) is 2. The molecule has 142 valence electrons. The highest BCUT2D eigenvalue weighted by atomic mass is 14.9. The summed E-state index contributed by atoms with van der Waals surface area (Å²) in [5.41, 5.74) is 9.84. The van der Waals surface area contributed by atoms with Gasteiger partial charge < -0.3 is 5.32 Å². The van der Waals surface area contributed by atoms with Crippen molar-refractivity contribution < 1.29 is 0 Å². The predicted octanol–water partition coefficient (Wildman–Crippen LogP) is 7.13. The molecule has 0 saturated heterocycles. The van der Waals surface area contributed by atoms with E-state index in [0.717, 1.165) is 11.2 Å². The summed E-state index contributed by atoms with van der Waals surface area (Å²) in [6.07, 6.45) is 3.68. The maximum Gasteiger partial charge on any atom is 0.0804 e. The van der Waals surface area contributed by atoms with Crippen LogP contribution in [0.5, 0.6) is 0 Å². The minimum absolute atomic E-state index is 0.460. The van der Waals surface area contributed by atoms with Crippen LogP contribution in [0.3, 0.4) is 0 Å². The van der Waals surface area contributed by atoms with Gasteiger partial charge in [-0.3, -0.25) is 4.98 Å². The van der Waals surface area contributed by atoms with E-state index in [-0.39, 0.29) is 0 Å². The zero-order valence-electron chi connectivity index (χ0n) is 17.6. The first-order valence-electron chi connectivity index (χ1n) is 10.2. The number of para-hydroxylation sites is 1. The molecule has 0 aliphatic rings. The van der Waals surface area contributed by atoms with E-state index in [0.29, 0.717) is 6.04 Å². The monoisotopic (exact) mass is 360 g/mol. The van der Waals surface area contributed by atoms with E-state index >= 15 is 0 Å². The zero-order chi connectivity index (χ0) is 19.6. The van der Waals surface area contributed by atoms with Gasteiger partial charge in [0, 0.05) is 28.4 Å². The molecule has 1 heterocycles. The van der Waals surface area contributed by atoms with Gasteiger partial charge in [0.25, 0.3) is 0 Å². The number of nitrogens with one attached hydrogen (secondary N) is 1. The summed E-state index contributed by atoms with van der Waals surface area (Å²) in [5.74, 6) is 0. The standard InChI is InChI=1S/C25H32N2/c1-7-8-10-19(5)26-23-15-20(6)27-25-21(23)11-9-12-22(25)24-17(3)13-16(2)14-18(24)4/h9,11-15,19H,7-8,10H2,1-6H3,(H,26,27). The summed E-state index contributed by atoms with van der Waals surface area (Å²) >= 11 is 0. The molecular formula is C25H32N2. The Labute approximate surface area is 164 Å². The summed E-state index contributed by atoms with van der Waals surface area (Å²) in [6.45, 7) is 13.2. The molecule has 0 fully saturated rings. The number of nitrogens with zero attached hydrogens (tertiary/aromatic N) is 1. The topological polar surface area (TPSA) is 24.9 Å². The van der Waals surface area contributed by atoms with Crippen molar-refractivity contribution in [2.45, 2.75) is 66.8 Å². The van der Waals surface area contributed by atoms with Gasteiger partial charge in [-0.1, -0.05) is 55.7 Å². The van der Waals surface area contributed by atoms with Crippen LogP contribution in [0, 0.1) is 27.7 Å². The van der Waals surface area contributed by atoms with Crippen LogP contribution in [0.15, 0.2) is 36.4 Å². The highest BCUT2D eigenvalue weighted by molar-refractivity contribution is 6.01. The van der Waals surface area contributed by atoms with Crippen LogP contribution in [0.25, 0.3) is 22.0 Å². The third kappa shape index (κ3) is 4.16. The van der Waals surface area contributed by atoms with Gasteiger partial charge in [-0.05, 0) is 63.8 Å². The van der Waals surface area contributed by atoms with E-state index in [1.54, 1.807) is 0 Å². The van der Waals surface area contributed by atoms with Crippen molar-refractivity contribution in [3.63, 3.8) is 0 Å². The number of unbranched alkanes of at least 4 members (excludes halogenated alkanes) is 1. The molecule has 1 N–H and O–H groups in total. The molecular weight excluding hydrogens is 328 g/mol. The number of benzene rings is 2. The lowest BCUT2D eigenvalue weighted by molar-refractivity contribution is 0.645. The number of rotatable bonds is 6. The zero-order valence-corrected chi connectivity index (χ0v) is 17.6. The van der Waals surface area contributed by atoms with E-state index < -0.39 is 0 Å². The molecule has 3 aromatic rings. The summed E-state index contributed by atoms with van der Waals surface area (Å²) in [4.78, 5) is 4.95. The second kappa shape index (κ2) is 8.12. The smallest absolute Gasteiger partial charge is 0.0804 e. The number of aryl methyl sites for hydroxylation is 4. The molecule has 0 spiro atoms. The van der Waals surface area contributed by atoms with Gasteiger partial charge in [-0.15, -0.1) is 0 Å². The third-order valence-corrected chi connectivity index (χ3v) is 5.31. The van der Waals surface area contributed by atoms with E-state index in [1.165, 1.54) is 58.2 Å². The van der Waals surface area contributed by atoms with Crippen LogP contribution in [0.2, 0.25) is 0 Å². The average molecular weight is 361 g/mol. The van der Waals surface area contributed by atoms with Crippen LogP contribution < -0.4 is 5.32 Å². The van der Waals surface area contributed by atoms with Gasteiger partial charge in [0.1, 0.15) is 0 Å². The molecule has 2 heteroatoms. The lowest BCUT2D eigenvalue weighted by Crippen LogP contribution is -2.15. The van der Waals surface area contributed by atoms with Crippen LogP contribution in [0.1, 0.15) is 55.5 Å². The lowest BCUT2D eigenvalue weighted by Gasteiger charge is -2.19. The molecule has 0 aliphatic carbocycles. The molecule has 3 rings (SSSR count).